The highest BCUT2D eigenvalue weighted by Gasteiger charge is 2.27. The quantitative estimate of drug-likeness (QED) is 0.810. The molecule has 0 bridgehead atoms. The Labute approximate surface area is 130 Å². The van der Waals surface area contributed by atoms with Crippen molar-refractivity contribution in [2.75, 3.05) is 6.54 Å². The summed E-state index contributed by atoms with van der Waals surface area (Å²) in [4.78, 5) is 11.7. The molecule has 1 amide bonds. The summed E-state index contributed by atoms with van der Waals surface area (Å²) in [7, 11) is 0. The number of rotatable bonds is 5. The molecule has 1 fully saturated rings. The van der Waals surface area contributed by atoms with Gasteiger partial charge in [-0.3, -0.25) is 0 Å². The molecule has 2 atom stereocenters. The first-order valence-corrected chi connectivity index (χ1v) is 8.30. The van der Waals surface area contributed by atoms with E-state index in [2.05, 4.69) is 24.5 Å². The van der Waals surface area contributed by atoms with Crippen LogP contribution in [-0.2, 0) is 4.74 Å². The highest BCUT2D eigenvalue weighted by atomic mass is 16.6. The van der Waals surface area contributed by atoms with Crippen molar-refractivity contribution in [3.63, 3.8) is 0 Å². The van der Waals surface area contributed by atoms with Crippen LogP contribution in [0.15, 0.2) is 0 Å². The molecular formula is C17H34N2O2. The zero-order valence-electron chi connectivity index (χ0n) is 14.7. The Morgan fingerprint density at radius 2 is 2.05 bits per heavy atom. The Hall–Kier alpha value is -0.770. The van der Waals surface area contributed by atoms with Crippen LogP contribution in [0.3, 0.4) is 0 Å². The molecule has 4 nitrogen and oxygen atoms in total. The zero-order valence-corrected chi connectivity index (χ0v) is 14.7. The molecule has 21 heavy (non-hydrogen) atoms. The Kier molecular flexibility index (Phi) is 6.51. The van der Waals surface area contributed by atoms with Crippen LogP contribution in [0, 0.1) is 5.41 Å². The first-order chi connectivity index (χ1) is 9.57. The van der Waals surface area contributed by atoms with Gasteiger partial charge in [-0.2, -0.15) is 0 Å². The van der Waals surface area contributed by atoms with E-state index < -0.39 is 5.60 Å². The Morgan fingerprint density at radius 3 is 2.62 bits per heavy atom. The van der Waals surface area contributed by atoms with Crippen LogP contribution < -0.4 is 10.6 Å². The Bertz CT molecular complexity index is 334. The van der Waals surface area contributed by atoms with Crippen LogP contribution in [0.25, 0.3) is 0 Å². The number of amides is 1. The predicted molar refractivity (Wildman–Crippen MR) is 87.5 cm³/mol. The third-order valence-corrected chi connectivity index (χ3v) is 3.98. The lowest BCUT2D eigenvalue weighted by atomic mass is 9.75. The van der Waals surface area contributed by atoms with Gasteiger partial charge >= 0.3 is 6.09 Å². The minimum atomic E-state index is -0.435. The van der Waals surface area contributed by atoms with E-state index >= 15 is 0 Å². The molecule has 0 heterocycles. The SMILES string of the molecule is CC(CCNC1CCCC(C)(C)C1)NC(=O)OC(C)(C)C. The zero-order chi connectivity index (χ0) is 16.1. The number of ether oxygens (including phenoxy) is 1. The van der Waals surface area contributed by atoms with Gasteiger partial charge in [0, 0.05) is 12.1 Å². The largest absolute Gasteiger partial charge is 0.444 e. The molecule has 1 saturated carbocycles. The van der Waals surface area contributed by atoms with Gasteiger partial charge in [0.2, 0.25) is 0 Å². The van der Waals surface area contributed by atoms with Crippen molar-refractivity contribution in [1.82, 2.24) is 10.6 Å². The molecule has 1 aliphatic carbocycles. The summed E-state index contributed by atoms with van der Waals surface area (Å²) in [5.41, 5.74) is 0.0338. The van der Waals surface area contributed by atoms with Crippen LogP contribution in [0.5, 0.6) is 0 Å². The minimum absolute atomic E-state index is 0.129. The monoisotopic (exact) mass is 298 g/mol. The summed E-state index contributed by atoms with van der Waals surface area (Å²) in [6.45, 7) is 13.3. The minimum Gasteiger partial charge on any atom is -0.444 e. The van der Waals surface area contributed by atoms with Crippen molar-refractivity contribution in [1.29, 1.82) is 0 Å². The van der Waals surface area contributed by atoms with E-state index in [0.717, 1.165) is 13.0 Å². The van der Waals surface area contributed by atoms with Gasteiger partial charge in [-0.25, -0.2) is 4.79 Å². The van der Waals surface area contributed by atoms with Crippen LogP contribution in [0.1, 0.15) is 73.6 Å². The molecule has 1 aliphatic rings. The second-order valence-electron chi connectivity index (χ2n) is 8.25. The highest BCUT2D eigenvalue weighted by Crippen LogP contribution is 2.34. The fourth-order valence-corrected chi connectivity index (χ4v) is 2.96. The molecular weight excluding hydrogens is 264 g/mol. The number of hydrogen-bond donors (Lipinski definition) is 2. The lowest BCUT2D eigenvalue weighted by molar-refractivity contribution is 0.0506. The van der Waals surface area contributed by atoms with E-state index in [9.17, 15) is 4.79 Å². The van der Waals surface area contributed by atoms with Gasteiger partial charge in [0.15, 0.2) is 0 Å². The van der Waals surface area contributed by atoms with Crippen molar-refractivity contribution in [3.8, 4) is 0 Å². The van der Waals surface area contributed by atoms with E-state index in [1.54, 1.807) is 0 Å². The molecule has 0 aromatic heterocycles. The van der Waals surface area contributed by atoms with Gasteiger partial charge in [-0.1, -0.05) is 20.3 Å². The van der Waals surface area contributed by atoms with Crippen molar-refractivity contribution in [2.45, 2.75) is 91.3 Å². The topological polar surface area (TPSA) is 50.4 Å². The Morgan fingerprint density at radius 1 is 1.38 bits per heavy atom. The summed E-state index contributed by atoms with van der Waals surface area (Å²) >= 11 is 0. The predicted octanol–water partition coefficient (Wildman–Crippen LogP) is 3.85. The molecule has 0 spiro atoms. The van der Waals surface area contributed by atoms with Crippen molar-refractivity contribution in [2.24, 2.45) is 5.41 Å². The molecule has 2 unspecified atom stereocenters. The maximum atomic E-state index is 11.7. The van der Waals surface area contributed by atoms with Crippen molar-refractivity contribution < 1.29 is 9.53 Å². The molecule has 0 radical (unpaired) electrons. The summed E-state index contributed by atoms with van der Waals surface area (Å²) in [6.07, 6.45) is 5.78. The second kappa shape index (κ2) is 7.48. The number of carbonyl (C=O) groups excluding carboxylic acids is 1. The van der Waals surface area contributed by atoms with Gasteiger partial charge in [-0.15, -0.1) is 0 Å². The molecule has 0 aromatic carbocycles. The summed E-state index contributed by atoms with van der Waals surface area (Å²) in [5, 5.41) is 6.53. The van der Waals surface area contributed by atoms with Crippen LogP contribution in [0.2, 0.25) is 0 Å². The molecule has 4 heteroatoms. The molecule has 0 saturated heterocycles. The fraction of sp³-hybridized carbons (Fsp3) is 0.941. The van der Waals surface area contributed by atoms with E-state index in [0.29, 0.717) is 11.5 Å². The second-order valence-corrected chi connectivity index (χ2v) is 8.25. The summed E-state index contributed by atoms with van der Waals surface area (Å²) in [6, 6.07) is 0.756. The lowest BCUT2D eigenvalue weighted by Crippen LogP contribution is -2.41. The molecule has 0 aliphatic heterocycles. The maximum Gasteiger partial charge on any atom is 0.407 e. The van der Waals surface area contributed by atoms with E-state index in [4.69, 9.17) is 4.74 Å². The third kappa shape index (κ3) is 8.30. The van der Waals surface area contributed by atoms with Gasteiger partial charge < -0.3 is 15.4 Å². The van der Waals surface area contributed by atoms with E-state index in [-0.39, 0.29) is 12.1 Å². The Balaban J connectivity index is 2.18. The van der Waals surface area contributed by atoms with Crippen molar-refractivity contribution in [3.05, 3.63) is 0 Å². The van der Waals surface area contributed by atoms with Crippen LogP contribution in [0.4, 0.5) is 4.79 Å². The normalized spacial score (nSPS) is 23.4. The average Bonchev–Trinajstić information content (AvgIpc) is 2.24. The van der Waals surface area contributed by atoms with Crippen molar-refractivity contribution >= 4 is 6.09 Å². The first-order valence-electron chi connectivity index (χ1n) is 8.30. The van der Waals surface area contributed by atoms with Gasteiger partial charge in [0.1, 0.15) is 5.60 Å². The smallest absolute Gasteiger partial charge is 0.407 e. The number of nitrogens with one attached hydrogen (secondary N) is 2. The highest BCUT2D eigenvalue weighted by molar-refractivity contribution is 5.67. The molecule has 1 rings (SSSR count). The average molecular weight is 298 g/mol. The van der Waals surface area contributed by atoms with E-state index in [1.807, 2.05) is 27.7 Å². The number of hydrogen-bond acceptors (Lipinski definition) is 3. The molecule has 2 N–H and O–H groups in total. The molecule has 124 valence electrons. The number of carbonyl (C=O) groups is 1. The molecule has 0 aromatic rings. The van der Waals surface area contributed by atoms with Gasteiger partial charge in [0.25, 0.3) is 0 Å². The van der Waals surface area contributed by atoms with E-state index in [1.165, 1.54) is 25.7 Å². The van der Waals surface area contributed by atoms with Crippen LogP contribution in [-0.4, -0.2) is 30.3 Å². The lowest BCUT2D eigenvalue weighted by Gasteiger charge is -2.35. The first kappa shape index (κ1) is 18.3. The number of alkyl carbamates (subject to hydrolysis) is 1. The van der Waals surface area contributed by atoms with Gasteiger partial charge in [0.05, 0.1) is 0 Å². The van der Waals surface area contributed by atoms with Crippen LogP contribution >= 0.6 is 0 Å². The fourth-order valence-electron chi connectivity index (χ4n) is 2.96. The standard InChI is InChI=1S/C17H34N2O2/c1-13(19-15(20)21-16(2,3)4)9-11-18-14-8-7-10-17(5,6)12-14/h13-14,18H,7-12H2,1-6H3,(H,19,20). The third-order valence-electron chi connectivity index (χ3n) is 3.98. The van der Waals surface area contributed by atoms with Gasteiger partial charge in [-0.05, 0) is 65.3 Å². The maximum absolute atomic E-state index is 11.7. The summed E-state index contributed by atoms with van der Waals surface area (Å²) < 4.78 is 5.26. The summed E-state index contributed by atoms with van der Waals surface area (Å²) in [5.74, 6) is 0.